The van der Waals surface area contributed by atoms with E-state index in [1.807, 2.05) is 0 Å². The molecule has 0 amide bonds. The molecule has 0 radical (unpaired) electrons. The zero-order valence-corrected chi connectivity index (χ0v) is 11.5. The lowest BCUT2D eigenvalue weighted by Crippen LogP contribution is -2.03. The van der Waals surface area contributed by atoms with E-state index in [0.29, 0.717) is 16.9 Å². The Hall–Kier alpha value is -2.69. The van der Waals surface area contributed by atoms with Gasteiger partial charge in [0.15, 0.2) is 17.3 Å². The number of rotatable bonds is 6. The van der Waals surface area contributed by atoms with E-state index in [4.69, 9.17) is 9.52 Å². The van der Waals surface area contributed by atoms with Gasteiger partial charge in [-0.25, -0.2) is 0 Å². The van der Waals surface area contributed by atoms with E-state index in [0.717, 1.165) is 0 Å². The van der Waals surface area contributed by atoms with Crippen molar-refractivity contribution in [2.45, 2.75) is 19.8 Å². The standard InChI is InChI=1S/C16H14O5/c1-10(17)14-6-7-15(21-14)12-4-2-3-11(9-12)13(18)5-8-16(19)20/h2-4,6-7,9H,5,8H2,1H3,(H,19,20). The molecule has 5 heteroatoms. The predicted octanol–water partition coefficient (Wildman–Crippen LogP) is 3.20. The number of hydrogen-bond donors (Lipinski definition) is 1. The molecule has 1 heterocycles. The molecule has 0 spiro atoms. The quantitative estimate of drug-likeness (QED) is 0.824. The second-order valence-electron chi connectivity index (χ2n) is 4.62. The van der Waals surface area contributed by atoms with Gasteiger partial charge in [0.25, 0.3) is 0 Å². The van der Waals surface area contributed by atoms with Gasteiger partial charge in [-0.1, -0.05) is 18.2 Å². The predicted molar refractivity (Wildman–Crippen MR) is 75.3 cm³/mol. The highest BCUT2D eigenvalue weighted by Crippen LogP contribution is 2.24. The van der Waals surface area contributed by atoms with Crippen LogP contribution in [0.4, 0.5) is 0 Å². The highest BCUT2D eigenvalue weighted by molar-refractivity contribution is 5.98. The zero-order chi connectivity index (χ0) is 15.4. The molecule has 5 nitrogen and oxygen atoms in total. The fraction of sp³-hybridized carbons (Fsp3) is 0.188. The van der Waals surface area contributed by atoms with E-state index in [1.54, 1.807) is 36.4 Å². The highest BCUT2D eigenvalue weighted by atomic mass is 16.4. The van der Waals surface area contributed by atoms with Crippen molar-refractivity contribution >= 4 is 17.5 Å². The summed E-state index contributed by atoms with van der Waals surface area (Å²) in [7, 11) is 0. The Kier molecular flexibility index (Phi) is 4.33. The first-order chi connectivity index (χ1) is 9.97. The van der Waals surface area contributed by atoms with E-state index in [1.165, 1.54) is 6.92 Å². The summed E-state index contributed by atoms with van der Waals surface area (Å²) in [5.41, 5.74) is 1.10. The van der Waals surface area contributed by atoms with Gasteiger partial charge in [-0.05, 0) is 18.2 Å². The number of carboxylic acid groups (broad SMARTS) is 1. The molecule has 0 aliphatic heterocycles. The van der Waals surface area contributed by atoms with Crippen LogP contribution in [-0.4, -0.2) is 22.6 Å². The molecule has 2 aromatic rings. The molecule has 1 aromatic heterocycles. The minimum absolute atomic E-state index is 0.0460. The number of carboxylic acids is 1. The smallest absolute Gasteiger partial charge is 0.303 e. The van der Waals surface area contributed by atoms with Crippen molar-refractivity contribution in [3.63, 3.8) is 0 Å². The monoisotopic (exact) mass is 286 g/mol. The molecule has 1 N–H and O–H groups in total. The molecular weight excluding hydrogens is 272 g/mol. The van der Waals surface area contributed by atoms with Crippen LogP contribution in [0.2, 0.25) is 0 Å². The Labute approximate surface area is 121 Å². The van der Waals surface area contributed by atoms with Crippen molar-refractivity contribution in [2.75, 3.05) is 0 Å². The van der Waals surface area contributed by atoms with Crippen LogP contribution in [0.5, 0.6) is 0 Å². The van der Waals surface area contributed by atoms with Gasteiger partial charge in [0.1, 0.15) is 5.76 Å². The molecule has 1 aromatic carbocycles. The first-order valence-electron chi connectivity index (χ1n) is 6.43. The van der Waals surface area contributed by atoms with Crippen molar-refractivity contribution in [2.24, 2.45) is 0 Å². The number of aliphatic carboxylic acids is 1. The Balaban J connectivity index is 2.22. The van der Waals surface area contributed by atoms with Crippen LogP contribution in [0.1, 0.15) is 40.7 Å². The maximum atomic E-state index is 11.9. The largest absolute Gasteiger partial charge is 0.481 e. The second-order valence-corrected chi connectivity index (χ2v) is 4.62. The topological polar surface area (TPSA) is 84.6 Å². The number of ketones is 2. The normalized spacial score (nSPS) is 10.3. The molecule has 21 heavy (non-hydrogen) atoms. The second kappa shape index (κ2) is 6.17. The van der Waals surface area contributed by atoms with Gasteiger partial charge in [-0.15, -0.1) is 0 Å². The maximum absolute atomic E-state index is 11.9. The van der Waals surface area contributed by atoms with E-state index in [9.17, 15) is 14.4 Å². The molecule has 108 valence electrons. The molecule has 0 unspecified atom stereocenters. The van der Waals surface area contributed by atoms with Crippen LogP contribution in [0, 0.1) is 0 Å². The summed E-state index contributed by atoms with van der Waals surface area (Å²) in [5.74, 6) is -0.662. The molecule has 0 aliphatic carbocycles. The van der Waals surface area contributed by atoms with Gasteiger partial charge in [0.05, 0.1) is 6.42 Å². The van der Waals surface area contributed by atoms with Gasteiger partial charge >= 0.3 is 5.97 Å². The van der Waals surface area contributed by atoms with E-state index in [2.05, 4.69) is 0 Å². The van der Waals surface area contributed by atoms with Gasteiger partial charge in [0, 0.05) is 24.5 Å². The lowest BCUT2D eigenvalue weighted by molar-refractivity contribution is -0.136. The zero-order valence-electron chi connectivity index (χ0n) is 11.5. The fourth-order valence-corrected chi connectivity index (χ4v) is 1.89. The fourth-order valence-electron chi connectivity index (χ4n) is 1.89. The summed E-state index contributed by atoms with van der Waals surface area (Å²) in [5, 5.41) is 8.60. The number of hydrogen-bond acceptors (Lipinski definition) is 4. The van der Waals surface area contributed by atoms with Crippen LogP contribution < -0.4 is 0 Å². The van der Waals surface area contributed by atoms with Gasteiger partial charge in [-0.2, -0.15) is 0 Å². The molecule has 0 aliphatic rings. The Morgan fingerprint density at radius 3 is 2.48 bits per heavy atom. The minimum Gasteiger partial charge on any atom is -0.481 e. The lowest BCUT2D eigenvalue weighted by atomic mass is 10.0. The number of Topliss-reactive ketones (excluding diaryl/α,β-unsaturated/α-hetero) is 2. The van der Waals surface area contributed by atoms with Crippen molar-refractivity contribution in [1.82, 2.24) is 0 Å². The molecule has 0 atom stereocenters. The van der Waals surface area contributed by atoms with Crippen molar-refractivity contribution in [1.29, 1.82) is 0 Å². The highest BCUT2D eigenvalue weighted by Gasteiger charge is 2.12. The average molecular weight is 286 g/mol. The molecule has 0 bridgehead atoms. The van der Waals surface area contributed by atoms with E-state index < -0.39 is 5.97 Å². The first kappa shape index (κ1) is 14.7. The van der Waals surface area contributed by atoms with E-state index >= 15 is 0 Å². The average Bonchev–Trinajstić information content (AvgIpc) is 2.95. The molecule has 0 saturated carbocycles. The Morgan fingerprint density at radius 2 is 1.86 bits per heavy atom. The summed E-state index contributed by atoms with van der Waals surface area (Å²) in [6.45, 7) is 1.41. The van der Waals surface area contributed by atoms with Gasteiger partial charge < -0.3 is 9.52 Å². The van der Waals surface area contributed by atoms with Gasteiger partial charge in [0.2, 0.25) is 0 Å². The first-order valence-corrected chi connectivity index (χ1v) is 6.43. The van der Waals surface area contributed by atoms with Crippen molar-refractivity contribution in [3.8, 4) is 11.3 Å². The summed E-state index contributed by atoms with van der Waals surface area (Å²) in [4.78, 5) is 33.6. The van der Waals surface area contributed by atoms with Crippen molar-refractivity contribution < 1.29 is 23.9 Å². The summed E-state index contributed by atoms with van der Waals surface area (Å²) < 4.78 is 5.41. The molecule has 2 rings (SSSR count). The third kappa shape index (κ3) is 3.66. The third-order valence-corrected chi connectivity index (χ3v) is 2.99. The summed E-state index contributed by atoms with van der Waals surface area (Å²) >= 11 is 0. The third-order valence-electron chi connectivity index (χ3n) is 2.99. The number of carbonyl (C=O) groups excluding carboxylic acids is 2. The molecular formula is C16H14O5. The minimum atomic E-state index is -1.00. The Morgan fingerprint density at radius 1 is 1.10 bits per heavy atom. The number of furan rings is 1. The Bertz CT molecular complexity index is 696. The van der Waals surface area contributed by atoms with Crippen LogP contribution >= 0.6 is 0 Å². The maximum Gasteiger partial charge on any atom is 0.303 e. The summed E-state index contributed by atoms with van der Waals surface area (Å²) in [6, 6.07) is 9.96. The number of carbonyl (C=O) groups is 3. The van der Waals surface area contributed by atoms with Crippen LogP contribution in [0.3, 0.4) is 0 Å². The SMILES string of the molecule is CC(=O)c1ccc(-c2cccc(C(=O)CCC(=O)O)c2)o1. The van der Waals surface area contributed by atoms with Gasteiger partial charge in [-0.3, -0.25) is 14.4 Å². The van der Waals surface area contributed by atoms with Crippen LogP contribution in [0.15, 0.2) is 40.8 Å². The van der Waals surface area contributed by atoms with Crippen molar-refractivity contribution in [3.05, 3.63) is 47.7 Å². The van der Waals surface area contributed by atoms with Crippen LogP contribution in [0.25, 0.3) is 11.3 Å². The lowest BCUT2D eigenvalue weighted by Gasteiger charge is -2.02. The summed E-state index contributed by atoms with van der Waals surface area (Å²) in [6.07, 6.45) is -0.242. The molecule has 0 saturated heterocycles. The van der Waals surface area contributed by atoms with Crippen LogP contribution in [-0.2, 0) is 4.79 Å². The van der Waals surface area contributed by atoms with E-state index in [-0.39, 0.29) is 30.2 Å². The number of benzene rings is 1. The molecule has 0 fully saturated rings.